The molecule has 0 amide bonds. The highest BCUT2D eigenvalue weighted by molar-refractivity contribution is 7.85. The lowest BCUT2D eigenvalue weighted by atomic mass is 10.1. The van der Waals surface area contributed by atoms with Crippen molar-refractivity contribution >= 4 is 44.6 Å². The van der Waals surface area contributed by atoms with Crippen LogP contribution in [0.3, 0.4) is 0 Å². The van der Waals surface area contributed by atoms with Crippen molar-refractivity contribution in [1.82, 2.24) is 29.1 Å². The first kappa shape index (κ1) is 20.1. The van der Waals surface area contributed by atoms with Gasteiger partial charge in [0.15, 0.2) is 5.65 Å². The molecule has 31 heavy (non-hydrogen) atoms. The quantitative estimate of drug-likeness (QED) is 0.405. The molecule has 4 aromatic heterocycles. The maximum atomic E-state index is 12.6. The number of rotatable bonds is 6. The lowest BCUT2D eigenvalue weighted by Gasteiger charge is -2.38. The van der Waals surface area contributed by atoms with Gasteiger partial charge in [-0.3, -0.25) is 5.10 Å². The zero-order valence-corrected chi connectivity index (χ0v) is 19.0. The van der Waals surface area contributed by atoms with Gasteiger partial charge in [0.2, 0.25) is 0 Å². The van der Waals surface area contributed by atoms with Crippen LogP contribution in [0, 0.1) is 6.92 Å². The van der Waals surface area contributed by atoms with Gasteiger partial charge in [-0.05, 0) is 32.6 Å². The van der Waals surface area contributed by atoms with Gasteiger partial charge in [-0.2, -0.15) is 14.7 Å². The molecule has 12 heteroatoms. The number of H-pyrrole nitrogens is 1. The van der Waals surface area contributed by atoms with Crippen molar-refractivity contribution in [2.24, 2.45) is 5.73 Å². The van der Waals surface area contributed by atoms with E-state index in [9.17, 15) is 4.21 Å². The highest BCUT2D eigenvalue weighted by Gasteiger charge is 2.26. The summed E-state index contributed by atoms with van der Waals surface area (Å²) in [5.41, 5.74) is 9.51. The van der Waals surface area contributed by atoms with Crippen molar-refractivity contribution in [2.45, 2.75) is 17.2 Å². The second kappa shape index (κ2) is 7.71. The number of anilines is 3. The molecule has 0 saturated carbocycles. The Kier molecular flexibility index (Phi) is 5.01. The number of aryl methyl sites for hydroxylation is 1. The topological polar surface area (TPSA) is 120 Å². The van der Waals surface area contributed by atoms with Crippen LogP contribution in [0.2, 0.25) is 0 Å². The Morgan fingerprint density at radius 2 is 2.13 bits per heavy atom. The van der Waals surface area contributed by atoms with Gasteiger partial charge in [0.25, 0.3) is 0 Å². The van der Waals surface area contributed by atoms with E-state index >= 15 is 0 Å². The molecule has 1 fully saturated rings. The predicted molar refractivity (Wildman–Crippen MR) is 123 cm³/mol. The molecule has 1 unspecified atom stereocenters. The van der Waals surface area contributed by atoms with E-state index in [1.807, 2.05) is 25.3 Å². The van der Waals surface area contributed by atoms with Crippen LogP contribution in [0.5, 0.6) is 0 Å². The standard InChI is InChI=1S/C19H23N9OS2/c1-11-4-17(30-19(11)31(29)26(2)3)24-16-5-15(27-9-13(20)10-27)25-18-14(8-23-28(16)18)12-6-21-22-7-12/h4-8,13,24H,9-10,20H2,1-3H3,(H,21,22). The SMILES string of the molecule is Cc1cc(Nc2cc(N3CC(N)C3)nc3c(-c4cn[nH]c4)cnn23)sc1S(=O)N(C)C. The number of nitrogens with zero attached hydrogens (tertiary/aromatic N) is 6. The molecule has 5 heterocycles. The molecule has 10 nitrogen and oxygen atoms in total. The fourth-order valence-corrected chi connectivity index (χ4v) is 5.97. The molecule has 0 bridgehead atoms. The van der Waals surface area contributed by atoms with Crippen LogP contribution in [-0.4, -0.2) is 66.5 Å². The second-order valence-electron chi connectivity index (χ2n) is 7.71. The van der Waals surface area contributed by atoms with Crippen LogP contribution < -0.4 is 16.0 Å². The largest absolute Gasteiger partial charge is 0.353 e. The first-order valence-electron chi connectivity index (χ1n) is 9.76. The summed E-state index contributed by atoms with van der Waals surface area (Å²) >= 11 is 1.48. The van der Waals surface area contributed by atoms with Gasteiger partial charge in [0.1, 0.15) is 26.8 Å². The van der Waals surface area contributed by atoms with Gasteiger partial charge < -0.3 is 16.0 Å². The maximum Gasteiger partial charge on any atom is 0.167 e. The third-order valence-electron chi connectivity index (χ3n) is 5.12. The predicted octanol–water partition coefficient (Wildman–Crippen LogP) is 1.96. The number of aromatic nitrogens is 5. The van der Waals surface area contributed by atoms with Gasteiger partial charge in [-0.25, -0.2) is 13.5 Å². The van der Waals surface area contributed by atoms with Crippen molar-refractivity contribution < 1.29 is 4.21 Å². The zero-order chi connectivity index (χ0) is 21.7. The number of hydrogen-bond donors (Lipinski definition) is 3. The van der Waals surface area contributed by atoms with Gasteiger partial charge in [0.05, 0.1) is 17.4 Å². The Hall–Kier alpha value is -2.80. The summed E-state index contributed by atoms with van der Waals surface area (Å²) in [6.45, 7) is 3.50. The van der Waals surface area contributed by atoms with E-state index in [0.717, 1.165) is 56.3 Å². The average Bonchev–Trinajstić information content (AvgIpc) is 3.44. The molecule has 1 saturated heterocycles. The molecule has 5 rings (SSSR count). The van der Waals surface area contributed by atoms with E-state index < -0.39 is 11.0 Å². The zero-order valence-electron chi connectivity index (χ0n) is 17.4. The van der Waals surface area contributed by atoms with Gasteiger partial charge >= 0.3 is 0 Å². The van der Waals surface area contributed by atoms with E-state index in [-0.39, 0.29) is 6.04 Å². The fraction of sp³-hybridized carbons (Fsp3) is 0.316. The van der Waals surface area contributed by atoms with Crippen LogP contribution in [0.15, 0.2) is 34.9 Å². The molecule has 1 aliphatic heterocycles. The van der Waals surface area contributed by atoms with E-state index in [0.29, 0.717) is 0 Å². The second-order valence-corrected chi connectivity index (χ2v) is 10.7. The summed E-state index contributed by atoms with van der Waals surface area (Å²) in [4.78, 5) is 7.01. The number of fused-ring (bicyclic) bond motifs is 1. The summed E-state index contributed by atoms with van der Waals surface area (Å²) in [6, 6.07) is 4.15. The van der Waals surface area contributed by atoms with Crippen molar-refractivity contribution in [2.75, 3.05) is 37.4 Å². The Morgan fingerprint density at radius 3 is 2.81 bits per heavy atom. The molecule has 0 aliphatic carbocycles. The molecule has 1 atom stereocenters. The summed E-state index contributed by atoms with van der Waals surface area (Å²) in [5.74, 6) is 1.62. The lowest BCUT2D eigenvalue weighted by molar-refractivity contribution is 0.514. The van der Waals surface area contributed by atoms with Crippen LogP contribution in [0.25, 0.3) is 16.8 Å². The van der Waals surface area contributed by atoms with Gasteiger partial charge in [0, 0.05) is 42.5 Å². The summed E-state index contributed by atoms with van der Waals surface area (Å²) in [6.07, 6.45) is 5.36. The maximum absolute atomic E-state index is 12.6. The Bertz CT molecular complexity index is 1260. The molecule has 1 aliphatic rings. The minimum absolute atomic E-state index is 0.163. The van der Waals surface area contributed by atoms with E-state index in [2.05, 4.69) is 25.5 Å². The third-order valence-corrected chi connectivity index (χ3v) is 8.04. The lowest BCUT2D eigenvalue weighted by Crippen LogP contribution is -2.56. The van der Waals surface area contributed by atoms with Crippen molar-refractivity contribution in [3.05, 3.63) is 36.3 Å². The van der Waals surface area contributed by atoms with Crippen molar-refractivity contribution in [1.29, 1.82) is 0 Å². The molecular weight excluding hydrogens is 434 g/mol. The highest BCUT2D eigenvalue weighted by Crippen LogP contribution is 2.34. The first-order valence-corrected chi connectivity index (χ1v) is 11.7. The smallest absolute Gasteiger partial charge is 0.167 e. The Labute approximate surface area is 185 Å². The molecule has 0 spiro atoms. The summed E-state index contributed by atoms with van der Waals surface area (Å²) < 4.78 is 16.9. The van der Waals surface area contributed by atoms with Crippen LogP contribution in [0.4, 0.5) is 16.6 Å². The average molecular weight is 458 g/mol. The van der Waals surface area contributed by atoms with E-state index in [1.54, 1.807) is 35.3 Å². The normalized spacial score (nSPS) is 15.6. The van der Waals surface area contributed by atoms with E-state index in [4.69, 9.17) is 10.7 Å². The monoisotopic (exact) mass is 457 g/mol. The third kappa shape index (κ3) is 3.61. The minimum atomic E-state index is -1.19. The molecule has 0 aromatic carbocycles. The summed E-state index contributed by atoms with van der Waals surface area (Å²) in [5, 5.41) is 15.8. The summed E-state index contributed by atoms with van der Waals surface area (Å²) in [7, 11) is 2.42. The number of thiophene rings is 1. The fourth-order valence-electron chi connectivity index (χ4n) is 3.50. The van der Waals surface area contributed by atoms with Gasteiger partial charge in [-0.1, -0.05) is 0 Å². The molecule has 162 valence electrons. The number of nitrogens with two attached hydrogens (primary N) is 1. The van der Waals surface area contributed by atoms with Crippen LogP contribution >= 0.6 is 11.3 Å². The first-order chi connectivity index (χ1) is 14.9. The molecule has 4 aromatic rings. The van der Waals surface area contributed by atoms with Crippen molar-refractivity contribution in [3.63, 3.8) is 0 Å². The molecule has 4 N–H and O–H groups in total. The van der Waals surface area contributed by atoms with Gasteiger partial charge in [-0.15, -0.1) is 11.3 Å². The number of hydrogen-bond acceptors (Lipinski definition) is 8. The highest BCUT2D eigenvalue weighted by atomic mass is 32.2. The van der Waals surface area contributed by atoms with Crippen molar-refractivity contribution in [3.8, 4) is 11.1 Å². The van der Waals surface area contributed by atoms with Crippen LogP contribution in [0.1, 0.15) is 5.56 Å². The molecular formula is C19H23N9OS2. The number of aromatic amines is 1. The minimum Gasteiger partial charge on any atom is -0.353 e. The Balaban J connectivity index is 1.58. The number of nitrogens with one attached hydrogen (secondary N) is 2. The Morgan fingerprint density at radius 1 is 1.32 bits per heavy atom. The van der Waals surface area contributed by atoms with Crippen LogP contribution in [-0.2, 0) is 11.0 Å². The van der Waals surface area contributed by atoms with E-state index in [1.165, 1.54) is 11.3 Å². The molecule has 0 radical (unpaired) electrons.